The number of hydrogen-bond acceptors (Lipinski definition) is 3. The first kappa shape index (κ1) is 10.8. The number of fused-ring (bicyclic) bond motifs is 3. The van der Waals surface area contributed by atoms with E-state index in [1.54, 1.807) is 18.6 Å². The van der Waals surface area contributed by atoms with E-state index < -0.39 is 5.91 Å². The summed E-state index contributed by atoms with van der Waals surface area (Å²) in [4.78, 5) is 15.5. The average molecular weight is 243 g/mol. The molecular weight excluding hydrogens is 230 g/mol. The molecule has 1 aliphatic heterocycles. The van der Waals surface area contributed by atoms with Gasteiger partial charge in [0.05, 0.1) is 24.8 Å². The number of carbonyl (C=O) groups excluding carboxylic acids is 1. The lowest BCUT2D eigenvalue weighted by atomic mass is 10.0. The number of imidazole rings is 1. The van der Waals surface area contributed by atoms with Gasteiger partial charge in [-0.15, -0.1) is 0 Å². The molecule has 18 heavy (non-hydrogen) atoms. The van der Waals surface area contributed by atoms with Crippen molar-refractivity contribution in [1.82, 2.24) is 9.55 Å². The summed E-state index contributed by atoms with van der Waals surface area (Å²) in [6, 6.07) is 3.64. The van der Waals surface area contributed by atoms with Crippen LogP contribution >= 0.6 is 0 Å². The monoisotopic (exact) mass is 243 g/mol. The van der Waals surface area contributed by atoms with Gasteiger partial charge in [-0.25, -0.2) is 4.98 Å². The second-order valence-electron chi connectivity index (χ2n) is 4.35. The summed E-state index contributed by atoms with van der Waals surface area (Å²) in [5.74, 6) is 0.349. The van der Waals surface area contributed by atoms with Crippen LogP contribution in [-0.2, 0) is 6.54 Å². The van der Waals surface area contributed by atoms with E-state index in [4.69, 9.17) is 10.5 Å². The van der Waals surface area contributed by atoms with Gasteiger partial charge in [0.1, 0.15) is 12.4 Å². The molecular formula is C13H13N3O2. The van der Waals surface area contributed by atoms with Crippen LogP contribution < -0.4 is 10.5 Å². The van der Waals surface area contributed by atoms with E-state index in [-0.39, 0.29) is 0 Å². The minimum atomic E-state index is -0.425. The number of rotatable bonds is 1. The van der Waals surface area contributed by atoms with Crippen LogP contribution in [0.15, 0.2) is 24.7 Å². The predicted molar refractivity (Wildman–Crippen MR) is 66.4 cm³/mol. The second-order valence-corrected chi connectivity index (χ2v) is 4.35. The van der Waals surface area contributed by atoms with Gasteiger partial charge in [0.25, 0.3) is 0 Å². The molecule has 0 saturated heterocycles. The van der Waals surface area contributed by atoms with Crippen LogP contribution in [0.5, 0.6) is 5.75 Å². The maximum absolute atomic E-state index is 11.4. The van der Waals surface area contributed by atoms with Gasteiger partial charge in [-0.3, -0.25) is 4.79 Å². The molecule has 2 heterocycles. The van der Waals surface area contributed by atoms with Crippen LogP contribution in [0, 0.1) is 6.92 Å². The van der Waals surface area contributed by atoms with E-state index in [1.165, 1.54) is 0 Å². The van der Waals surface area contributed by atoms with E-state index in [0.717, 1.165) is 29.1 Å². The Balaban J connectivity index is 2.26. The van der Waals surface area contributed by atoms with Crippen LogP contribution in [-0.4, -0.2) is 22.1 Å². The lowest BCUT2D eigenvalue weighted by Gasteiger charge is -2.10. The predicted octanol–water partition coefficient (Wildman–Crippen LogP) is 1.35. The van der Waals surface area contributed by atoms with Gasteiger partial charge in [0.2, 0.25) is 5.91 Å². The number of carbonyl (C=O) groups is 1. The van der Waals surface area contributed by atoms with Crippen molar-refractivity contribution in [3.8, 4) is 17.0 Å². The van der Waals surface area contributed by atoms with Gasteiger partial charge in [-0.2, -0.15) is 0 Å². The summed E-state index contributed by atoms with van der Waals surface area (Å²) in [5, 5.41) is 0. The first-order valence-electron chi connectivity index (χ1n) is 5.74. The van der Waals surface area contributed by atoms with Crippen molar-refractivity contribution in [2.45, 2.75) is 13.5 Å². The summed E-state index contributed by atoms with van der Waals surface area (Å²) in [6.45, 7) is 3.19. The molecule has 1 aromatic carbocycles. The Bertz CT molecular complexity index is 631. The van der Waals surface area contributed by atoms with E-state index in [0.29, 0.717) is 12.2 Å². The summed E-state index contributed by atoms with van der Waals surface area (Å²) in [5.41, 5.74) is 8.54. The van der Waals surface area contributed by atoms with Gasteiger partial charge in [0.15, 0.2) is 0 Å². The van der Waals surface area contributed by atoms with Crippen molar-refractivity contribution < 1.29 is 9.53 Å². The SMILES string of the molecule is Cc1cc2c(cc1C(N)=O)-c1cncn1CCO2. The molecule has 0 atom stereocenters. The van der Waals surface area contributed by atoms with Crippen LogP contribution in [0.25, 0.3) is 11.3 Å². The van der Waals surface area contributed by atoms with E-state index in [9.17, 15) is 4.79 Å². The molecule has 0 spiro atoms. The van der Waals surface area contributed by atoms with Gasteiger partial charge in [-0.05, 0) is 24.6 Å². The Labute approximate surface area is 104 Å². The molecule has 0 radical (unpaired) electrons. The number of nitrogens with two attached hydrogens (primary N) is 1. The zero-order valence-electron chi connectivity index (χ0n) is 10.0. The second kappa shape index (κ2) is 3.87. The minimum absolute atomic E-state index is 0.425. The summed E-state index contributed by atoms with van der Waals surface area (Å²) >= 11 is 0. The van der Waals surface area contributed by atoms with E-state index in [1.807, 2.05) is 17.6 Å². The summed E-state index contributed by atoms with van der Waals surface area (Å²) in [7, 11) is 0. The molecule has 1 aliphatic rings. The Kier molecular flexibility index (Phi) is 2.33. The Hall–Kier alpha value is -2.30. The largest absolute Gasteiger partial charge is 0.491 e. The highest BCUT2D eigenvalue weighted by Crippen LogP contribution is 2.34. The number of aryl methyl sites for hydroxylation is 1. The zero-order chi connectivity index (χ0) is 12.7. The molecule has 0 unspecified atom stereocenters. The van der Waals surface area contributed by atoms with Crippen molar-refractivity contribution >= 4 is 5.91 Å². The third kappa shape index (κ3) is 1.55. The molecule has 2 aromatic rings. The van der Waals surface area contributed by atoms with Gasteiger partial charge < -0.3 is 15.0 Å². The smallest absolute Gasteiger partial charge is 0.248 e. The number of ether oxygens (including phenoxy) is 1. The maximum Gasteiger partial charge on any atom is 0.248 e. The molecule has 0 saturated carbocycles. The number of aromatic nitrogens is 2. The molecule has 0 bridgehead atoms. The van der Waals surface area contributed by atoms with Crippen molar-refractivity contribution in [2.24, 2.45) is 5.73 Å². The molecule has 92 valence electrons. The van der Waals surface area contributed by atoms with E-state index in [2.05, 4.69) is 4.98 Å². The fourth-order valence-electron chi connectivity index (χ4n) is 2.24. The standard InChI is InChI=1S/C13H13N3O2/c1-8-4-12-10(5-9(8)13(14)17)11-6-15-7-16(11)2-3-18-12/h4-7H,2-3H2,1H3,(H2,14,17). The fraction of sp³-hybridized carbons (Fsp3) is 0.231. The average Bonchev–Trinajstić information content (AvgIpc) is 2.71. The quantitative estimate of drug-likeness (QED) is 0.821. The lowest BCUT2D eigenvalue weighted by Crippen LogP contribution is -2.13. The number of benzene rings is 1. The van der Waals surface area contributed by atoms with Crippen molar-refractivity contribution in [1.29, 1.82) is 0 Å². The molecule has 5 nitrogen and oxygen atoms in total. The van der Waals surface area contributed by atoms with Crippen LogP contribution in [0.3, 0.4) is 0 Å². The van der Waals surface area contributed by atoms with Crippen molar-refractivity contribution in [3.05, 3.63) is 35.8 Å². The number of amides is 1. The lowest BCUT2D eigenvalue weighted by molar-refractivity contribution is 0.0999. The number of hydrogen-bond donors (Lipinski definition) is 1. The first-order chi connectivity index (χ1) is 8.66. The minimum Gasteiger partial charge on any atom is -0.491 e. The number of nitrogens with zero attached hydrogens (tertiary/aromatic N) is 2. The fourth-order valence-corrected chi connectivity index (χ4v) is 2.24. The van der Waals surface area contributed by atoms with E-state index >= 15 is 0 Å². The van der Waals surface area contributed by atoms with Crippen LogP contribution in [0.4, 0.5) is 0 Å². The number of primary amides is 1. The highest BCUT2D eigenvalue weighted by atomic mass is 16.5. The Morgan fingerprint density at radius 2 is 2.33 bits per heavy atom. The molecule has 1 amide bonds. The molecule has 2 N–H and O–H groups in total. The third-order valence-electron chi connectivity index (χ3n) is 3.17. The summed E-state index contributed by atoms with van der Waals surface area (Å²) < 4.78 is 7.71. The van der Waals surface area contributed by atoms with Gasteiger partial charge >= 0.3 is 0 Å². The topological polar surface area (TPSA) is 70.1 Å². The van der Waals surface area contributed by atoms with Crippen LogP contribution in [0.1, 0.15) is 15.9 Å². The molecule has 0 aliphatic carbocycles. The zero-order valence-corrected chi connectivity index (χ0v) is 10.0. The highest BCUT2D eigenvalue weighted by Gasteiger charge is 2.18. The maximum atomic E-state index is 11.4. The van der Waals surface area contributed by atoms with Crippen LogP contribution in [0.2, 0.25) is 0 Å². The molecule has 0 fully saturated rings. The first-order valence-corrected chi connectivity index (χ1v) is 5.74. The third-order valence-corrected chi connectivity index (χ3v) is 3.17. The Morgan fingerprint density at radius 3 is 3.11 bits per heavy atom. The van der Waals surface area contributed by atoms with Crippen molar-refractivity contribution in [2.75, 3.05) is 6.61 Å². The van der Waals surface area contributed by atoms with Gasteiger partial charge in [-0.1, -0.05) is 0 Å². The molecule has 5 heteroatoms. The summed E-state index contributed by atoms with van der Waals surface area (Å²) in [6.07, 6.45) is 3.53. The molecule has 1 aromatic heterocycles. The molecule has 3 rings (SSSR count). The highest BCUT2D eigenvalue weighted by molar-refractivity contribution is 5.96. The normalized spacial score (nSPS) is 13.2. The Morgan fingerprint density at radius 1 is 1.50 bits per heavy atom. The van der Waals surface area contributed by atoms with Crippen molar-refractivity contribution in [3.63, 3.8) is 0 Å². The van der Waals surface area contributed by atoms with Gasteiger partial charge in [0, 0.05) is 11.1 Å².